The lowest BCUT2D eigenvalue weighted by atomic mass is 9.83. The molecule has 188 valence electrons. The van der Waals surface area contributed by atoms with E-state index in [2.05, 4.69) is 21.5 Å². The summed E-state index contributed by atoms with van der Waals surface area (Å²) in [4.78, 5) is 17.7. The summed E-state index contributed by atoms with van der Waals surface area (Å²) >= 11 is 12.2. The van der Waals surface area contributed by atoms with Gasteiger partial charge in [0, 0.05) is 29.8 Å². The Bertz CT molecular complexity index is 686. The van der Waals surface area contributed by atoms with Crippen LogP contribution < -0.4 is 21.5 Å². The Labute approximate surface area is 205 Å². The molecule has 1 amide bonds. The van der Waals surface area contributed by atoms with E-state index < -0.39 is 23.6 Å². The lowest BCUT2D eigenvalue weighted by Gasteiger charge is -2.31. The summed E-state index contributed by atoms with van der Waals surface area (Å²) in [5, 5.41) is 5.33. The number of carbonyl (C=O) groups excluding carboxylic acids is 1. The van der Waals surface area contributed by atoms with Crippen molar-refractivity contribution in [2.45, 2.75) is 118 Å². The molecule has 1 aliphatic heterocycles. The molecular weight excluding hydrogens is 471 g/mol. The van der Waals surface area contributed by atoms with E-state index in [0.717, 1.165) is 6.42 Å². The second kappa shape index (κ2) is 11.8. The number of rotatable bonds is 4. The van der Waals surface area contributed by atoms with Gasteiger partial charge in [0.1, 0.15) is 18.5 Å². The molecular formula is C23H37Cl2F2N5O. The van der Waals surface area contributed by atoms with Crippen LogP contribution in [0.3, 0.4) is 0 Å². The van der Waals surface area contributed by atoms with Crippen molar-refractivity contribution in [3.63, 3.8) is 0 Å². The number of alkyl halides is 4. The van der Waals surface area contributed by atoms with Gasteiger partial charge < -0.3 is 5.32 Å². The van der Waals surface area contributed by atoms with Crippen LogP contribution in [0.1, 0.15) is 77.0 Å². The van der Waals surface area contributed by atoms with Gasteiger partial charge in [0.05, 0.1) is 5.38 Å². The van der Waals surface area contributed by atoms with Gasteiger partial charge in [-0.25, -0.2) is 19.2 Å². The minimum Gasteiger partial charge on any atom is -0.353 e. The largest absolute Gasteiger partial charge is 0.353 e. The number of nitrogens with one attached hydrogen (secondary N) is 4. The minimum atomic E-state index is -1.19. The zero-order chi connectivity index (χ0) is 23.4. The minimum absolute atomic E-state index is 0.111. The van der Waals surface area contributed by atoms with E-state index in [-0.39, 0.29) is 29.9 Å². The number of hydrogen-bond acceptors (Lipinski definition) is 4. The molecule has 3 saturated carbocycles. The third-order valence-corrected chi connectivity index (χ3v) is 8.50. The second-order valence-corrected chi connectivity index (χ2v) is 11.5. The first-order valence-corrected chi connectivity index (χ1v) is 13.5. The molecule has 6 nitrogen and oxygen atoms in total. The van der Waals surface area contributed by atoms with Crippen molar-refractivity contribution in [2.24, 2.45) is 16.8 Å². The lowest BCUT2D eigenvalue weighted by molar-refractivity contribution is -0.125. The standard InChI is InChI=1S/C23H37Cl2F2N5O/c24-15-9-16(26)11-17(10-15)28-23(30-22(33)14-6-7-18(25)19(27)8-14)29-21-12-20(31-32-21)13-4-2-1-3-5-13/h13-21,31-32H,1-12H2,(H2,28,29,30,33). The molecule has 0 aromatic rings. The number of halogens is 4. The Morgan fingerprint density at radius 1 is 0.909 bits per heavy atom. The predicted octanol–water partition coefficient (Wildman–Crippen LogP) is 4.06. The van der Waals surface area contributed by atoms with E-state index in [1.807, 2.05) is 0 Å². The second-order valence-electron chi connectivity index (χ2n) is 10.3. The van der Waals surface area contributed by atoms with Gasteiger partial charge in [-0.3, -0.25) is 15.5 Å². The maximum atomic E-state index is 14.1. The van der Waals surface area contributed by atoms with E-state index in [1.165, 1.54) is 32.1 Å². The molecule has 4 aliphatic rings. The maximum Gasteiger partial charge on any atom is 0.229 e. The van der Waals surface area contributed by atoms with E-state index in [9.17, 15) is 13.6 Å². The van der Waals surface area contributed by atoms with Crippen LogP contribution in [-0.2, 0) is 4.79 Å². The highest BCUT2D eigenvalue weighted by Gasteiger charge is 2.35. The predicted molar refractivity (Wildman–Crippen MR) is 128 cm³/mol. The molecule has 33 heavy (non-hydrogen) atoms. The van der Waals surface area contributed by atoms with Gasteiger partial charge in [-0.1, -0.05) is 19.3 Å². The van der Waals surface area contributed by atoms with Gasteiger partial charge >= 0.3 is 0 Å². The first kappa shape index (κ1) is 25.4. The van der Waals surface area contributed by atoms with Crippen LogP contribution in [0.4, 0.5) is 8.78 Å². The lowest BCUT2D eigenvalue weighted by Crippen LogP contribution is -2.51. The number of carbonyl (C=O) groups is 1. The molecule has 1 heterocycles. The van der Waals surface area contributed by atoms with E-state index in [4.69, 9.17) is 28.2 Å². The normalized spacial score (nSPS) is 41.0. The van der Waals surface area contributed by atoms with Crippen molar-refractivity contribution < 1.29 is 13.6 Å². The van der Waals surface area contributed by atoms with Gasteiger partial charge in [-0.2, -0.15) is 0 Å². The first-order valence-electron chi connectivity index (χ1n) is 12.6. The van der Waals surface area contributed by atoms with Crippen molar-refractivity contribution >= 4 is 35.1 Å². The molecule has 0 aromatic heterocycles. The molecule has 0 aromatic carbocycles. The molecule has 0 radical (unpaired) electrons. The van der Waals surface area contributed by atoms with Crippen LogP contribution in [0.5, 0.6) is 0 Å². The third kappa shape index (κ3) is 7.15. The number of guanidine groups is 1. The van der Waals surface area contributed by atoms with Crippen LogP contribution in [0.2, 0.25) is 0 Å². The summed E-state index contributed by atoms with van der Waals surface area (Å²) in [6.07, 6.45) is 7.13. The molecule has 1 saturated heterocycles. The molecule has 4 fully saturated rings. The van der Waals surface area contributed by atoms with Crippen LogP contribution in [-0.4, -0.2) is 53.2 Å². The van der Waals surface area contributed by atoms with Crippen molar-refractivity contribution in [2.75, 3.05) is 0 Å². The Balaban J connectivity index is 1.41. The summed E-state index contributed by atoms with van der Waals surface area (Å²) in [6.45, 7) is 0. The third-order valence-electron chi connectivity index (χ3n) is 7.65. The molecule has 4 N–H and O–H groups in total. The van der Waals surface area contributed by atoms with Crippen molar-refractivity contribution in [3.05, 3.63) is 0 Å². The highest BCUT2D eigenvalue weighted by atomic mass is 35.5. The number of hydrazine groups is 1. The van der Waals surface area contributed by atoms with Crippen LogP contribution >= 0.6 is 23.2 Å². The Kier molecular flexibility index (Phi) is 9.10. The molecule has 10 heteroatoms. The van der Waals surface area contributed by atoms with Gasteiger partial charge in [0.25, 0.3) is 0 Å². The average molecular weight is 508 g/mol. The first-order chi connectivity index (χ1) is 15.9. The topological polar surface area (TPSA) is 77.5 Å². The van der Waals surface area contributed by atoms with Crippen LogP contribution in [0.15, 0.2) is 4.99 Å². The fourth-order valence-corrected chi connectivity index (χ4v) is 6.42. The average Bonchev–Trinajstić information content (AvgIpc) is 3.24. The Morgan fingerprint density at radius 2 is 1.70 bits per heavy atom. The quantitative estimate of drug-likeness (QED) is 0.263. The number of aliphatic imine (C=N–C) groups is 1. The molecule has 4 rings (SSSR count). The molecule has 0 bridgehead atoms. The van der Waals surface area contributed by atoms with Crippen LogP contribution in [0.25, 0.3) is 0 Å². The number of amides is 1. The van der Waals surface area contributed by atoms with Crippen molar-refractivity contribution in [1.29, 1.82) is 0 Å². The molecule has 3 aliphatic carbocycles. The summed E-state index contributed by atoms with van der Waals surface area (Å²) in [5.74, 6) is 0.229. The monoisotopic (exact) mass is 507 g/mol. The molecule has 8 unspecified atom stereocenters. The zero-order valence-electron chi connectivity index (χ0n) is 19.0. The van der Waals surface area contributed by atoms with E-state index >= 15 is 0 Å². The zero-order valence-corrected chi connectivity index (χ0v) is 20.6. The van der Waals surface area contributed by atoms with Crippen LogP contribution in [0, 0.1) is 11.8 Å². The van der Waals surface area contributed by atoms with E-state index in [0.29, 0.717) is 50.0 Å². The van der Waals surface area contributed by atoms with Crippen molar-refractivity contribution in [1.82, 2.24) is 21.5 Å². The number of nitrogens with zero attached hydrogens (tertiary/aromatic N) is 1. The molecule has 0 spiro atoms. The summed E-state index contributed by atoms with van der Waals surface area (Å²) < 4.78 is 28.2. The van der Waals surface area contributed by atoms with E-state index in [1.54, 1.807) is 0 Å². The van der Waals surface area contributed by atoms with Gasteiger partial charge in [-0.05, 0) is 57.3 Å². The summed E-state index contributed by atoms with van der Waals surface area (Å²) in [6, 6.07) is 0.130. The van der Waals surface area contributed by atoms with Gasteiger partial charge in [-0.15, -0.1) is 23.2 Å². The van der Waals surface area contributed by atoms with Gasteiger partial charge in [0.2, 0.25) is 5.91 Å². The Morgan fingerprint density at radius 3 is 2.42 bits per heavy atom. The Hall–Kier alpha value is -0.700. The van der Waals surface area contributed by atoms with Crippen molar-refractivity contribution in [3.8, 4) is 0 Å². The summed E-state index contributed by atoms with van der Waals surface area (Å²) in [5.41, 5.74) is 6.63. The fraction of sp³-hybridized carbons (Fsp3) is 0.913. The SMILES string of the molecule is O=C(N/C(=N\C1CC(C2CCCCC2)NN1)NC1CC(F)CC(Cl)C1)C1CCC(Cl)C(F)C1. The number of hydrogen-bond donors (Lipinski definition) is 4. The smallest absolute Gasteiger partial charge is 0.229 e. The van der Waals surface area contributed by atoms with Gasteiger partial charge in [0.15, 0.2) is 5.96 Å². The molecule has 8 atom stereocenters. The highest BCUT2D eigenvalue weighted by Crippen LogP contribution is 2.31. The fourth-order valence-electron chi connectivity index (χ4n) is 5.79. The maximum absolute atomic E-state index is 14.1. The summed E-state index contributed by atoms with van der Waals surface area (Å²) in [7, 11) is 0. The highest BCUT2D eigenvalue weighted by molar-refractivity contribution is 6.21.